The second-order valence-corrected chi connectivity index (χ2v) is 4.98. The van der Waals surface area contributed by atoms with Crippen molar-refractivity contribution in [3.8, 4) is 5.69 Å². The zero-order valence-corrected chi connectivity index (χ0v) is 12.2. The van der Waals surface area contributed by atoms with Crippen LogP contribution in [0.1, 0.15) is 11.5 Å². The summed E-state index contributed by atoms with van der Waals surface area (Å²) >= 11 is 0. The quantitative estimate of drug-likeness (QED) is 0.802. The molecule has 2 aromatic heterocycles. The first-order valence-electron chi connectivity index (χ1n) is 6.87. The number of rotatable bonds is 4. The van der Waals surface area contributed by atoms with Gasteiger partial charge in [0.25, 0.3) is 0 Å². The van der Waals surface area contributed by atoms with Crippen LogP contribution >= 0.6 is 0 Å². The Morgan fingerprint density at radius 1 is 1.09 bits per heavy atom. The van der Waals surface area contributed by atoms with Gasteiger partial charge in [-0.15, -0.1) is 0 Å². The van der Waals surface area contributed by atoms with Crippen LogP contribution in [-0.2, 0) is 19.8 Å². The fraction of sp³-hybridized carbons (Fsp3) is 0.200. The third kappa shape index (κ3) is 3.20. The van der Waals surface area contributed by atoms with Crippen molar-refractivity contribution in [2.24, 2.45) is 7.05 Å². The van der Waals surface area contributed by atoms with Crippen LogP contribution < -0.4 is 5.32 Å². The number of anilines is 1. The second-order valence-electron chi connectivity index (χ2n) is 4.98. The van der Waals surface area contributed by atoms with Crippen molar-refractivity contribution < 1.29 is 13.2 Å². The van der Waals surface area contributed by atoms with E-state index in [1.807, 2.05) is 17.8 Å². The number of imidazole rings is 1. The molecule has 0 saturated heterocycles. The Kier molecular flexibility index (Phi) is 3.81. The molecule has 1 aromatic carbocycles. The molecule has 0 radical (unpaired) electrons. The van der Waals surface area contributed by atoms with Crippen molar-refractivity contribution in [2.45, 2.75) is 12.7 Å². The first-order chi connectivity index (χ1) is 10.9. The lowest BCUT2D eigenvalue weighted by atomic mass is 10.2. The third-order valence-corrected chi connectivity index (χ3v) is 3.42. The molecular formula is C15H14F3N5. The van der Waals surface area contributed by atoms with E-state index in [0.29, 0.717) is 12.2 Å². The lowest BCUT2D eigenvalue weighted by Crippen LogP contribution is -2.13. The van der Waals surface area contributed by atoms with Gasteiger partial charge in [0, 0.05) is 25.1 Å². The highest BCUT2D eigenvalue weighted by atomic mass is 19.4. The Morgan fingerprint density at radius 2 is 1.83 bits per heavy atom. The molecule has 0 fully saturated rings. The van der Waals surface area contributed by atoms with Crippen LogP contribution in [0.15, 0.2) is 48.9 Å². The number of aromatic nitrogens is 4. The molecule has 1 N–H and O–H groups in total. The number of hydrogen-bond donors (Lipinski definition) is 1. The summed E-state index contributed by atoms with van der Waals surface area (Å²) in [6.45, 7) is 0.526. The van der Waals surface area contributed by atoms with E-state index in [0.717, 1.165) is 28.5 Å². The highest BCUT2D eigenvalue weighted by Crippen LogP contribution is 2.30. The van der Waals surface area contributed by atoms with Crippen molar-refractivity contribution in [3.05, 3.63) is 60.4 Å². The molecule has 0 aliphatic carbocycles. The molecule has 0 spiro atoms. The van der Waals surface area contributed by atoms with Crippen LogP contribution in [0, 0.1) is 0 Å². The zero-order valence-electron chi connectivity index (χ0n) is 12.2. The molecule has 0 atom stereocenters. The summed E-state index contributed by atoms with van der Waals surface area (Å²) < 4.78 is 41.4. The number of nitrogens with zero attached hydrogens (tertiary/aromatic N) is 4. The van der Waals surface area contributed by atoms with Crippen LogP contribution in [0.3, 0.4) is 0 Å². The van der Waals surface area contributed by atoms with Crippen LogP contribution in [0.2, 0.25) is 0 Å². The van der Waals surface area contributed by atoms with Crippen LogP contribution in [0.5, 0.6) is 0 Å². The van der Waals surface area contributed by atoms with Gasteiger partial charge in [-0.25, -0.2) is 9.67 Å². The molecule has 120 valence electrons. The van der Waals surface area contributed by atoms with Gasteiger partial charge in [-0.05, 0) is 30.3 Å². The van der Waals surface area contributed by atoms with Gasteiger partial charge in [-0.3, -0.25) is 0 Å². The van der Waals surface area contributed by atoms with Crippen molar-refractivity contribution in [1.29, 1.82) is 0 Å². The molecule has 8 heteroatoms. The fourth-order valence-corrected chi connectivity index (χ4v) is 2.19. The predicted octanol–water partition coefficient (Wildman–Crippen LogP) is 3.24. The molecule has 23 heavy (non-hydrogen) atoms. The summed E-state index contributed by atoms with van der Waals surface area (Å²) in [6, 6.07) is 7.54. The van der Waals surface area contributed by atoms with E-state index in [-0.39, 0.29) is 0 Å². The van der Waals surface area contributed by atoms with Crippen molar-refractivity contribution in [3.63, 3.8) is 0 Å². The molecule has 0 amide bonds. The topological polar surface area (TPSA) is 47.7 Å². The maximum atomic E-state index is 12.9. The number of hydrogen-bond acceptors (Lipinski definition) is 3. The highest BCUT2D eigenvalue weighted by Gasteiger charge is 2.35. The average molecular weight is 321 g/mol. The van der Waals surface area contributed by atoms with Crippen LogP contribution in [0.4, 0.5) is 18.9 Å². The summed E-state index contributed by atoms with van der Waals surface area (Å²) in [5, 5.41) is 6.91. The van der Waals surface area contributed by atoms with E-state index in [4.69, 9.17) is 0 Å². The molecule has 0 saturated carbocycles. The van der Waals surface area contributed by atoms with Gasteiger partial charge in [0.05, 0.1) is 18.4 Å². The van der Waals surface area contributed by atoms with E-state index in [9.17, 15) is 13.2 Å². The van der Waals surface area contributed by atoms with Gasteiger partial charge < -0.3 is 9.88 Å². The van der Waals surface area contributed by atoms with Crippen molar-refractivity contribution >= 4 is 5.69 Å². The van der Waals surface area contributed by atoms with Crippen molar-refractivity contribution in [2.75, 3.05) is 5.32 Å². The lowest BCUT2D eigenvalue weighted by molar-refractivity contribution is -0.142. The SMILES string of the molecule is Cn1ccnc1CNc1ccc(-n2nccc2C(F)(F)F)cc1. The van der Waals surface area contributed by atoms with Gasteiger partial charge in [-0.1, -0.05) is 0 Å². The largest absolute Gasteiger partial charge is 0.433 e. The van der Waals surface area contributed by atoms with E-state index in [1.54, 1.807) is 30.5 Å². The summed E-state index contributed by atoms with van der Waals surface area (Å²) in [4.78, 5) is 4.19. The first-order valence-corrected chi connectivity index (χ1v) is 6.87. The Labute approximate surface area is 130 Å². The molecule has 0 bridgehead atoms. The molecule has 5 nitrogen and oxygen atoms in total. The maximum Gasteiger partial charge on any atom is 0.433 e. The van der Waals surface area contributed by atoms with Crippen molar-refractivity contribution in [1.82, 2.24) is 19.3 Å². The van der Waals surface area contributed by atoms with Gasteiger partial charge in [-0.2, -0.15) is 18.3 Å². The number of aryl methyl sites for hydroxylation is 1. The monoisotopic (exact) mass is 321 g/mol. The molecule has 3 aromatic rings. The number of halogens is 3. The summed E-state index contributed by atoms with van der Waals surface area (Å²) in [5.74, 6) is 0.862. The van der Waals surface area contributed by atoms with Crippen LogP contribution in [-0.4, -0.2) is 19.3 Å². The highest BCUT2D eigenvalue weighted by molar-refractivity contribution is 5.49. The predicted molar refractivity (Wildman–Crippen MR) is 79.1 cm³/mol. The molecule has 3 rings (SSSR count). The standard InChI is InChI=1S/C15H14F3N5/c1-22-9-8-19-14(22)10-20-11-2-4-12(5-3-11)23-13(6-7-21-23)15(16,17)18/h2-9,20H,10H2,1H3. The third-order valence-electron chi connectivity index (χ3n) is 3.42. The Morgan fingerprint density at radius 3 is 2.43 bits per heavy atom. The van der Waals surface area contributed by atoms with E-state index < -0.39 is 11.9 Å². The molecule has 2 heterocycles. The van der Waals surface area contributed by atoms with E-state index in [1.165, 1.54) is 0 Å². The van der Waals surface area contributed by atoms with Gasteiger partial charge in [0.1, 0.15) is 11.5 Å². The van der Waals surface area contributed by atoms with E-state index in [2.05, 4.69) is 15.4 Å². The Balaban J connectivity index is 1.75. The molecule has 0 unspecified atom stereocenters. The minimum atomic E-state index is -4.44. The first kappa shape index (κ1) is 15.1. The van der Waals surface area contributed by atoms with Gasteiger partial charge in [0.2, 0.25) is 0 Å². The van der Waals surface area contributed by atoms with E-state index >= 15 is 0 Å². The fourth-order valence-electron chi connectivity index (χ4n) is 2.19. The Bertz CT molecular complexity index is 786. The minimum absolute atomic E-state index is 0.352. The van der Waals surface area contributed by atoms with Gasteiger partial charge >= 0.3 is 6.18 Å². The minimum Gasteiger partial charge on any atom is -0.378 e. The summed E-state index contributed by atoms with van der Waals surface area (Å²) in [6.07, 6.45) is 0.245. The maximum absolute atomic E-state index is 12.9. The zero-order chi connectivity index (χ0) is 16.4. The normalized spacial score (nSPS) is 11.7. The number of benzene rings is 1. The lowest BCUT2D eigenvalue weighted by Gasteiger charge is -2.11. The molecular weight excluding hydrogens is 307 g/mol. The Hall–Kier alpha value is -2.77. The molecule has 0 aliphatic rings. The summed E-state index contributed by atoms with van der Waals surface area (Å²) in [5.41, 5.74) is 0.341. The number of alkyl halides is 3. The smallest absolute Gasteiger partial charge is 0.378 e. The summed E-state index contributed by atoms with van der Waals surface area (Å²) in [7, 11) is 1.89. The van der Waals surface area contributed by atoms with Crippen LogP contribution in [0.25, 0.3) is 5.69 Å². The average Bonchev–Trinajstić information content (AvgIpc) is 3.14. The molecule has 0 aliphatic heterocycles. The number of nitrogens with one attached hydrogen (secondary N) is 1. The van der Waals surface area contributed by atoms with Gasteiger partial charge in [0.15, 0.2) is 0 Å². The second kappa shape index (κ2) is 5.79.